The lowest BCUT2D eigenvalue weighted by Crippen LogP contribution is -2.45. The molecule has 0 N–H and O–H groups in total. The van der Waals surface area contributed by atoms with Crippen LogP contribution in [0.1, 0.15) is 0 Å². The van der Waals surface area contributed by atoms with Gasteiger partial charge < -0.3 is 33.2 Å². The van der Waals surface area contributed by atoms with Crippen LogP contribution in [0, 0.1) is 0 Å². The van der Waals surface area contributed by atoms with Crippen molar-refractivity contribution < 1.29 is 59.9 Å². The van der Waals surface area contributed by atoms with E-state index in [0.717, 1.165) is 0 Å². The molecule has 0 amide bonds. The Morgan fingerprint density at radius 1 is 0.586 bits per heavy atom. The summed E-state index contributed by atoms with van der Waals surface area (Å²) in [7, 11) is 1.59. The Bertz CT molecular complexity index is 409. The number of carbonyl (C=O) groups excluding carboxylic acids is 1. The van der Waals surface area contributed by atoms with E-state index in [1.807, 2.05) is 0 Å². The molecule has 0 rings (SSSR count). The van der Waals surface area contributed by atoms with Gasteiger partial charge in [-0.2, -0.15) is 22.0 Å². The fourth-order valence-corrected chi connectivity index (χ4v) is 1.52. The lowest BCUT2D eigenvalue weighted by atomic mass is 10.3. The highest BCUT2D eigenvalue weighted by molar-refractivity contribution is 5.78. The smallest absolute Gasteiger partial charge is 0.459 e. The molecule has 0 aliphatic heterocycles. The molecule has 0 bridgehead atoms. The number of esters is 1. The van der Waals surface area contributed by atoms with Crippen molar-refractivity contribution in [2.24, 2.45) is 0 Å². The molecule has 0 aromatic heterocycles. The Hall–Kier alpha value is -1.12. The molecule has 0 fully saturated rings. The van der Waals surface area contributed by atoms with E-state index in [-0.39, 0.29) is 26.4 Å². The van der Waals surface area contributed by atoms with E-state index in [9.17, 15) is 26.7 Å². The second kappa shape index (κ2) is 16.7. The summed E-state index contributed by atoms with van der Waals surface area (Å²) in [5.41, 5.74) is 0. The van der Waals surface area contributed by atoms with Crippen molar-refractivity contribution in [1.29, 1.82) is 0 Å². The molecule has 0 aromatic carbocycles. The maximum Gasteiger partial charge on any atom is 0.465 e. The molecule has 0 saturated heterocycles. The van der Waals surface area contributed by atoms with Crippen molar-refractivity contribution in [2.45, 2.75) is 12.1 Å². The number of rotatable bonds is 19. The molecule has 0 aliphatic rings. The van der Waals surface area contributed by atoms with Gasteiger partial charge in [-0.3, -0.25) is 0 Å². The summed E-state index contributed by atoms with van der Waals surface area (Å²) < 4.78 is 95.2. The highest BCUT2D eigenvalue weighted by Gasteiger charge is 2.64. The Balaban J connectivity index is 3.31. The molecule has 0 aromatic rings. The van der Waals surface area contributed by atoms with E-state index in [2.05, 4.69) is 4.74 Å². The monoisotopic (exact) mass is 442 g/mol. The largest absolute Gasteiger partial charge is 0.465 e. The summed E-state index contributed by atoms with van der Waals surface area (Å²) in [5.74, 6) is -8.21. The minimum atomic E-state index is -5.99. The number of ether oxygens (including phenoxy) is 7. The third-order valence-corrected chi connectivity index (χ3v) is 2.99. The van der Waals surface area contributed by atoms with Crippen molar-refractivity contribution in [1.82, 2.24) is 0 Å². The SMILES string of the molecule is COCCOCCOCCOCCOCCOCCOC(=O)C(F)(F)C(F)(F)F. The molecule has 0 radical (unpaired) electrons. The van der Waals surface area contributed by atoms with E-state index in [1.54, 1.807) is 7.11 Å². The molecule has 0 unspecified atom stereocenters. The van der Waals surface area contributed by atoms with Gasteiger partial charge in [-0.25, -0.2) is 4.79 Å². The van der Waals surface area contributed by atoms with Crippen LogP contribution in [0.3, 0.4) is 0 Å². The average molecular weight is 442 g/mol. The molecular formula is C16H27F5O8. The Labute approximate surface area is 165 Å². The van der Waals surface area contributed by atoms with E-state index < -0.39 is 24.7 Å². The van der Waals surface area contributed by atoms with Gasteiger partial charge in [0.15, 0.2) is 0 Å². The van der Waals surface area contributed by atoms with Crippen molar-refractivity contribution >= 4 is 5.97 Å². The number of alkyl halides is 5. The predicted molar refractivity (Wildman–Crippen MR) is 87.9 cm³/mol. The number of carbonyl (C=O) groups is 1. The van der Waals surface area contributed by atoms with Crippen LogP contribution in [0.15, 0.2) is 0 Å². The lowest BCUT2D eigenvalue weighted by molar-refractivity contribution is -0.280. The van der Waals surface area contributed by atoms with Gasteiger partial charge >= 0.3 is 18.1 Å². The van der Waals surface area contributed by atoms with E-state index in [0.29, 0.717) is 46.2 Å². The van der Waals surface area contributed by atoms with Crippen LogP contribution in [0.5, 0.6) is 0 Å². The van der Waals surface area contributed by atoms with Crippen LogP contribution < -0.4 is 0 Å². The van der Waals surface area contributed by atoms with Crippen molar-refractivity contribution in [2.75, 3.05) is 86.4 Å². The van der Waals surface area contributed by atoms with Crippen LogP contribution in [-0.2, 0) is 38.0 Å². The first kappa shape index (κ1) is 27.9. The van der Waals surface area contributed by atoms with Gasteiger partial charge in [0.2, 0.25) is 0 Å². The van der Waals surface area contributed by atoms with E-state index >= 15 is 0 Å². The zero-order valence-corrected chi connectivity index (χ0v) is 16.1. The summed E-state index contributed by atoms with van der Waals surface area (Å²) in [4.78, 5) is 10.7. The molecule has 8 nitrogen and oxygen atoms in total. The maximum absolute atomic E-state index is 12.6. The van der Waals surface area contributed by atoms with Gasteiger partial charge in [0, 0.05) is 7.11 Å². The van der Waals surface area contributed by atoms with Gasteiger partial charge in [0.05, 0.1) is 72.7 Å². The molecule has 174 valence electrons. The Kier molecular flexibility index (Phi) is 16.0. The number of halogens is 5. The minimum absolute atomic E-state index is 0.0411. The summed E-state index contributed by atoms with van der Waals surface area (Å²) >= 11 is 0. The molecule has 29 heavy (non-hydrogen) atoms. The number of hydrogen-bond donors (Lipinski definition) is 0. The topological polar surface area (TPSA) is 81.7 Å². The van der Waals surface area contributed by atoms with Gasteiger partial charge in [-0.1, -0.05) is 0 Å². The second-order valence-corrected chi connectivity index (χ2v) is 5.26. The van der Waals surface area contributed by atoms with Crippen molar-refractivity contribution in [3.63, 3.8) is 0 Å². The van der Waals surface area contributed by atoms with Gasteiger partial charge in [-0.05, 0) is 0 Å². The van der Waals surface area contributed by atoms with E-state index in [1.165, 1.54) is 0 Å². The Morgan fingerprint density at radius 2 is 0.897 bits per heavy atom. The van der Waals surface area contributed by atoms with Crippen molar-refractivity contribution in [3.05, 3.63) is 0 Å². The maximum atomic E-state index is 12.6. The van der Waals surface area contributed by atoms with Crippen LogP contribution in [-0.4, -0.2) is 104 Å². The highest BCUT2D eigenvalue weighted by atomic mass is 19.4. The standard InChI is InChI=1S/C16H27F5O8/c1-23-2-3-24-4-5-25-6-7-26-8-9-27-10-11-28-12-13-29-14(22)15(17,18)16(19,20)21/h2-13H2,1H3. The van der Waals surface area contributed by atoms with Gasteiger partial charge in [0.1, 0.15) is 6.61 Å². The molecule has 0 spiro atoms. The Morgan fingerprint density at radius 3 is 1.21 bits per heavy atom. The third kappa shape index (κ3) is 14.5. The summed E-state index contributed by atoms with van der Waals surface area (Å²) in [6.45, 7) is 2.45. The zero-order chi connectivity index (χ0) is 22.0. The molecule has 0 atom stereocenters. The van der Waals surface area contributed by atoms with Crippen LogP contribution in [0.4, 0.5) is 22.0 Å². The fourth-order valence-electron chi connectivity index (χ4n) is 1.52. The first-order valence-corrected chi connectivity index (χ1v) is 8.73. The minimum Gasteiger partial charge on any atom is -0.459 e. The number of methoxy groups -OCH3 is 1. The molecule has 0 saturated carbocycles. The summed E-state index contributed by atoms with van der Waals surface area (Å²) in [6, 6.07) is 0. The average Bonchev–Trinajstić information content (AvgIpc) is 2.65. The van der Waals surface area contributed by atoms with Crippen LogP contribution in [0.2, 0.25) is 0 Å². The first-order valence-electron chi connectivity index (χ1n) is 8.73. The van der Waals surface area contributed by atoms with Gasteiger partial charge in [0.25, 0.3) is 0 Å². The summed E-state index contributed by atoms with van der Waals surface area (Å²) in [6.07, 6.45) is -5.99. The van der Waals surface area contributed by atoms with Crippen LogP contribution in [0.25, 0.3) is 0 Å². The molecular weight excluding hydrogens is 415 g/mol. The van der Waals surface area contributed by atoms with Crippen molar-refractivity contribution in [3.8, 4) is 0 Å². The molecule has 13 heteroatoms. The normalized spacial score (nSPS) is 12.3. The zero-order valence-electron chi connectivity index (χ0n) is 16.1. The number of hydrogen-bond acceptors (Lipinski definition) is 8. The first-order chi connectivity index (χ1) is 13.7. The van der Waals surface area contributed by atoms with Gasteiger partial charge in [-0.15, -0.1) is 0 Å². The highest BCUT2D eigenvalue weighted by Crippen LogP contribution is 2.36. The van der Waals surface area contributed by atoms with E-state index in [4.69, 9.17) is 28.4 Å². The fraction of sp³-hybridized carbons (Fsp3) is 0.938. The third-order valence-electron chi connectivity index (χ3n) is 2.99. The molecule has 0 aliphatic carbocycles. The summed E-state index contributed by atoms with van der Waals surface area (Å²) in [5, 5.41) is 0. The lowest BCUT2D eigenvalue weighted by Gasteiger charge is -2.17. The quantitative estimate of drug-likeness (QED) is 0.169. The predicted octanol–water partition coefficient (Wildman–Crippen LogP) is 1.46. The second-order valence-electron chi connectivity index (χ2n) is 5.26. The molecule has 0 heterocycles. The van der Waals surface area contributed by atoms with Crippen LogP contribution >= 0.6 is 0 Å².